The van der Waals surface area contributed by atoms with Crippen LogP contribution in [0.4, 0.5) is 17.5 Å². The summed E-state index contributed by atoms with van der Waals surface area (Å²) in [7, 11) is 0. The maximum atomic E-state index is 12.6. The van der Waals surface area contributed by atoms with Crippen LogP contribution < -0.4 is 16.0 Å². The molecular formula is C20H27N7O2. The maximum absolute atomic E-state index is 12.6. The Hall–Kier alpha value is -3.23. The van der Waals surface area contributed by atoms with E-state index in [-0.39, 0.29) is 23.3 Å². The summed E-state index contributed by atoms with van der Waals surface area (Å²) in [5.41, 5.74) is 5.93. The summed E-state index contributed by atoms with van der Waals surface area (Å²) in [4.78, 5) is 41.7. The van der Waals surface area contributed by atoms with Crippen LogP contribution in [0.15, 0.2) is 30.6 Å². The molecule has 9 heteroatoms. The molecular weight excluding hydrogens is 370 g/mol. The van der Waals surface area contributed by atoms with Crippen LogP contribution >= 0.6 is 0 Å². The van der Waals surface area contributed by atoms with E-state index in [9.17, 15) is 9.59 Å². The molecule has 0 saturated carbocycles. The fourth-order valence-electron chi connectivity index (χ4n) is 3.37. The van der Waals surface area contributed by atoms with E-state index in [4.69, 9.17) is 5.73 Å². The summed E-state index contributed by atoms with van der Waals surface area (Å²) in [6, 6.07) is 5.22. The van der Waals surface area contributed by atoms with Crippen molar-refractivity contribution in [2.24, 2.45) is 5.92 Å². The van der Waals surface area contributed by atoms with Crippen LogP contribution in [0.25, 0.3) is 0 Å². The molecule has 1 aliphatic heterocycles. The minimum atomic E-state index is -0.460. The second-order valence-corrected chi connectivity index (χ2v) is 6.96. The highest BCUT2D eigenvalue weighted by Gasteiger charge is 2.26. The molecule has 2 aromatic rings. The van der Waals surface area contributed by atoms with E-state index in [1.165, 1.54) is 0 Å². The van der Waals surface area contributed by atoms with Crippen molar-refractivity contribution in [3.05, 3.63) is 36.3 Å². The van der Waals surface area contributed by atoms with Gasteiger partial charge >= 0.3 is 0 Å². The molecule has 3 heterocycles. The van der Waals surface area contributed by atoms with Gasteiger partial charge in [-0.2, -0.15) is 0 Å². The van der Waals surface area contributed by atoms with E-state index in [1.807, 2.05) is 23.6 Å². The van der Waals surface area contributed by atoms with Gasteiger partial charge in [-0.1, -0.05) is 19.9 Å². The Morgan fingerprint density at radius 2 is 1.86 bits per heavy atom. The van der Waals surface area contributed by atoms with Gasteiger partial charge in [-0.15, -0.1) is 0 Å². The van der Waals surface area contributed by atoms with Crippen molar-refractivity contribution in [2.45, 2.75) is 26.7 Å². The number of aromatic nitrogens is 3. The largest absolute Gasteiger partial charge is 0.382 e. The highest BCUT2D eigenvalue weighted by molar-refractivity contribution is 6.05. The van der Waals surface area contributed by atoms with E-state index in [1.54, 1.807) is 30.6 Å². The van der Waals surface area contributed by atoms with Crippen LogP contribution in [0.5, 0.6) is 0 Å². The fraction of sp³-hybridized carbons (Fsp3) is 0.450. The van der Waals surface area contributed by atoms with Crippen molar-refractivity contribution in [3.8, 4) is 0 Å². The van der Waals surface area contributed by atoms with Gasteiger partial charge in [0.05, 0.1) is 6.20 Å². The van der Waals surface area contributed by atoms with Crippen LogP contribution in [-0.4, -0.2) is 57.8 Å². The third-order valence-electron chi connectivity index (χ3n) is 5.16. The topological polar surface area (TPSA) is 117 Å². The van der Waals surface area contributed by atoms with Gasteiger partial charge in [0, 0.05) is 38.3 Å². The summed E-state index contributed by atoms with van der Waals surface area (Å²) in [5, 5.41) is 2.67. The lowest BCUT2D eigenvalue weighted by Gasteiger charge is -2.36. The zero-order valence-electron chi connectivity index (χ0n) is 16.8. The van der Waals surface area contributed by atoms with Gasteiger partial charge in [-0.25, -0.2) is 15.0 Å². The number of carbonyl (C=O) groups is 2. The Morgan fingerprint density at radius 3 is 2.48 bits per heavy atom. The lowest BCUT2D eigenvalue weighted by molar-refractivity contribution is -0.136. The number of amides is 2. The van der Waals surface area contributed by atoms with Crippen molar-refractivity contribution in [1.29, 1.82) is 0 Å². The fourth-order valence-corrected chi connectivity index (χ4v) is 3.37. The number of hydrogen-bond donors (Lipinski definition) is 2. The van der Waals surface area contributed by atoms with Crippen molar-refractivity contribution in [1.82, 2.24) is 19.9 Å². The van der Waals surface area contributed by atoms with E-state index in [0.717, 1.165) is 12.8 Å². The van der Waals surface area contributed by atoms with E-state index in [2.05, 4.69) is 20.3 Å². The number of rotatable bonds is 6. The highest BCUT2D eigenvalue weighted by atomic mass is 16.2. The summed E-state index contributed by atoms with van der Waals surface area (Å²) in [5.74, 6) is 0.883. The molecule has 3 N–H and O–H groups in total. The van der Waals surface area contributed by atoms with E-state index >= 15 is 0 Å². The molecule has 1 fully saturated rings. The molecule has 0 aromatic carbocycles. The van der Waals surface area contributed by atoms with Crippen molar-refractivity contribution >= 4 is 29.3 Å². The molecule has 1 aliphatic rings. The lowest BCUT2D eigenvalue weighted by atomic mass is 10.0. The number of nitrogens with two attached hydrogens (primary N) is 1. The maximum Gasteiger partial charge on any atom is 0.279 e. The molecule has 2 amide bonds. The summed E-state index contributed by atoms with van der Waals surface area (Å²) in [6.07, 6.45) is 4.86. The minimum Gasteiger partial charge on any atom is -0.382 e. The summed E-state index contributed by atoms with van der Waals surface area (Å²) >= 11 is 0. The van der Waals surface area contributed by atoms with Gasteiger partial charge in [0.1, 0.15) is 11.6 Å². The zero-order chi connectivity index (χ0) is 20.8. The monoisotopic (exact) mass is 397 g/mol. The third kappa shape index (κ3) is 4.79. The average Bonchev–Trinajstić information content (AvgIpc) is 2.75. The standard InChI is InChI=1S/C20H27N7O2/c1-3-14(4-2)20(29)27-11-9-26(10-12-27)16-13-23-18(21)17(25-16)19(28)24-15-7-5-6-8-22-15/h5-8,13-14H,3-4,9-12H2,1-2H3,(H2,21,23)(H,22,24,28). The Kier molecular flexibility index (Phi) is 6.58. The molecule has 2 aromatic heterocycles. The predicted octanol–water partition coefficient (Wildman–Crippen LogP) is 1.79. The van der Waals surface area contributed by atoms with Gasteiger partial charge in [-0.3, -0.25) is 9.59 Å². The van der Waals surface area contributed by atoms with E-state index in [0.29, 0.717) is 37.8 Å². The first kappa shape index (κ1) is 20.5. The number of nitrogen functional groups attached to an aromatic ring is 1. The molecule has 0 radical (unpaired) electrons. The SMILES string of the molecule is CCC(CC)C(=O)N1CCN(c2cnc(N)c(C(=O)Nc3ccccn3)n2)CC1. The van der Waals surface area contributed by atoms with Crippen LogP contribution in [0.3, 0.4) is 0 Å². The van der Waals surface area contributed by atoms with Gasteiger partial charge in [0.25, 0.3) is 5.91 Å². The van der Waals surface area contributed by atoms with E-state index < -0.39 is 5.91 Å². The molecule has 3 rings (SSSR count). The second kappa shape index (κ2) is 9.31. The Bertz CT molecular complexity index is 847. The number of nitrogens with zero attached hydrogens (tertiary/aromatic N) is 5. The summed E-state index contributed by atoms with van der Waals surface area (Å²) in [6.45, 7) is 6.60. The Balaban J connectivity index is 1.67. The number of carbonyl (C=O) groups excluding carboxylic acids is 2. The first-order chi connectivity index (χ1) is 14.0. The minimum absolute atomic E-state index is 0.0590. The van der Waals surface area contributed by atoms with Crippen molar-refractivity contribution < 1.29 is 9.59 Å². The van der Waals surface area contributed by atoms with Gasteiger partial charge in [-0.05, 0) is 25.0 Å². The molecule has 9 nitrogen and oxygen atoms in total. The lowest BCUT2D eigenvalue weighted by Crippen LogP contribution is -2.50. The molecule has 154 valence electrons. The quantitative estimate of drug-likeness (QED) is 0.763. The van der Waals surface area contributed by atoms with Crippen LogP contribution in [-0.2, 0) is 4.79 Å². The first-order valence-corrected chi connectivity index (χ1v) is 9.92. The van der Waals surface area contributed by atoms with Gasteiger partial charge < -0.3 is 20.9 Å². The Morgan fingerprint density at radius 1 is 1.14 bits per heavy atom. The normalized spacial score (nSPS) is 14.2. The van der Waals surface area contributed by atoms with Crippen LogP contribution in [0.2, 0.25) is 0 Å². The zero-order valence-corrected chi connectivity index (χ0v) is 16.8. The third-order valence-corrected chi connectivity index (χ3v) is 5.16. The van der Waals surface area contributed by atoms with Gasteiger partial charge in [0.15, 0.2) is 11.5 Å². The van der Waals surface area contributed by atoms with Crippen LogP contribution in [0.1, 0.15) is 37.2 Å². The van der Waals surface area contributed by atoms with Crippen molar-refractivity contribution in [3.63, 3.8) is 0 Å². The molecule has 29 heavy (non-hydrogen) atoms. The molecule has 1 saturated heterocycles. The number of anilines is 3. The number of pyridine rings is 1. The smallest absolute Gasteiger partial charge is 0.279 e. The molecule has 0 aliphatic carbocycles. The second-order valence-electron chi connectivity index (χ2n) is 6.96. The predicted molar refractivity (Wildman–Crippen MR) is 111 cm³/mol. The molecule has 0 bridgehead atoms. The van der Waals surface area contributed by atoms with Crippen LogP contribution in [0, 0.1) is 5.92 Å². The average molecular weight is 397 g/mol. The number of hydrogen-bond acceptors (Lipinski definition) is 7. The molecule has 0 unspecified atom stereocenters. The molecule has 0 spiro atoms. The highest BCUT2D eigenvalue weighted by Crippen LogP contribution is 2.19. The molecule has 0 atom stereocenters. The van der Waals surface area contributed by atoms with Gasteiger partial charge in [0.2, 0.25) is 5.91 Å². The Labute approximate surface area is 170 Å². The number of piperazine rings is 1. The first-order valence-electron chi connectivity index (χ1n) is 9.92. The number of nitrogens with one attached hydrogen (secondary N) is 1. The summed E-state index contributed by atoms with van der Waals surface area (Å²) < 4.78 is 0. The van der Waals surface area contributed by atoms with Crippen molar-refractivity contribution in [2.75, 3.05) is 42.1 Å².